The standard InChI is InChI=1S/C79H57N5/c1-6-24-54(25-7-1)80(59-44-48-75-67(50-59)65-34-16-20-38-73(65)82(75)56-28-10-3-11-29-56)61-42-46-63-64-47-43-62(53-72(64)79(71(63)52-61)69-36-18-22-40-77(69)84(58-32-14-5-15-33-58)78-41-23-19-37-70(78)79)81(55-26-8-2-9-27-55)60-45-49-76-68(51-60)66-35-17-21-39-74(66)83(76)57-30-12-4-13-31-57/h1-8,10-15,17-26,28-33,35-53H,9,16,27,34H2. The molecule has 0 amide bonds. The van der Waals surface area contributed by atoms with Gasteiger partial charge in [-0.1, -0.05) is 158 Å². The largest absolute Gasteiger partial charge is 0.314 e. The van der Waals surface area contributed by atoms with Crippen molar-refractivity contribution in [2.24, 2.45) is 0 Å². The zero-order chi connectivity index (χ0) is 55.3. The first-order valence-electron chi connectivity index (χ1n) is 29.5. The van der Waals surface area contributed by atoms with Crippen LogP contribution in [0.15, 0.2) is 297 Å². The number of hydrogen-bond acceptors (Lipinski definition) is 3. The van der Waals surface area contributed by atoms with Gasteiger partial charge in [-0.15, -0.1) is 0 Å². The SMILES string of the molecule is C1=CCCC(N(c2ccc3c(c2)C2(c4cc(N(c5ccccc5)c5ccc6c(c5)c5c(n6-c6ccccc6)C=CCC5)ccc4-3)c3ccccc3N(c3ccccc3)c3ccccc32)c2ccc3c(c2)c2ccccc2n3-c2ccccc2)=C1. The second-order valence-electron chi connectivity index (χ2n) is 22.6. The van der Waals surface area contributed by atoms with E-state index in [2.05, 4.69) is 321 Å². The molecule has 4 aliphatic rings. The predicted octanol–water partition coefficient (Wildman–Crippen LogP) is 20.7. The van der Waals surface area contributed by atoms with Crippen LogP contribution in [0.2, 0.25) is 0 Å². The molecule has 0 radical (unpaired) electrons. The number of nitrogens with zero attached hydrogens (tertiary/aromatic N) is 5. The summed E-state index contributed by atoms with van der Waals surface area (Å²) in [6.45, 7) is 0. The van der Waals surface area contributed by atoms with Crippen LogP contribution in [0.1, 0.15) is 52.8 Å². The number of aryl methyl sites for hydroxylation is 1. The summed E-state index contributed by atoms with van der Waals surface area (Å²) in [6.07, 6.45) is 15.4. The van der Waals surface area contributed by atoms with E-state index in [0.29, 0.717) is 0 Å². The van der Waals surface area contributed by atoms with Crippen LogP contribution < -0.4 is 14.7 Å². The van der Waals surface area contributed by atoms with Crippen molar-refractivity contribution in [2.75, 3.05) is 14.7 Å². The second kappa shape index (κ2) is 19.3. The van der Waals surface area contributed by atoms with Gasteiger partial charge in [-0.05, 0) is 204 Å². The summed E-state index contributed by atoms with van der Waals surface area (Å²) in [4.78, 5) is 7.51. The van der Waals surface area contributed by atoms with Crippen molar-refractivity contribution in [3.05, 3.63) is 330 Å². The Bertz CT molecular complexity index is 4800. The van der Waals surface area contributed by atoms with Gasteiger partial charge in [-0.2, -0.15) is 0 Å². The Kier molecular flexibility index (Phi) is 11.0. The minimum atomic E-state index is -0.737. The third-order valence-electron chi connectivity index (χ3n) is 18.2. The number of aromatic nitrogens is 2. The molecule has 13 aromatic rings. The molecule has 1 spiro atoms. The van der Waals surface area contributed by atoms with E-state index in [0.717, 1.165) is 65.5 Å². The van der Waals surface area contributed by atoms with E-state index < -0.39 is 5.41 Å². The summed E-state index contributed by atoms with van der Waals surface area (Å²) in [5.74, 6) is 0. The number of fused-ring (bicyclic) bond motifs is 15. The minimum absolute atomic E-state index is 0.737. The molecule has 2 aromatic heterocycles. The fourth-order valence-corrected chi connectivity index (χ4v) is 14.7. The van der Waals surface area contributed by atoms with Crippen LogP contribution >= 0.6 is 0 Å². The van der Waals surface area contributed by atoms with Gasteiger partial charge in [-0.25, -0.2) is 0 Å². The highest BCUT2D eigenvalue weighted by molar-refractivity contribution is 6.11. The molecule has 0 N–H and O–H groups in total. The summed E-state index contributed by atoms with van der Waals surface area (Å²) in [7, 11) is 0. The molecule has 5 nitrogen and oxygen atoms in total. The quantitative estimate of drug-likeness (QED) is 0.144. The zero-order valence-electron chi connectivity index (χ0n) is 46.4. The highest BCUT2D eigenvalue weighted by atomic mass is 15.2. The average Bonchev–Trinajstić information content (AvgIpc) is 1.60. The molecule has 1 aliphatic heterocycles. The average molecular weight is 1080 g/mol. The normalized spacial score (nSPS) is 14.3. The van der Waals surface area contributed by atoms with Crippen LogP contribution in [0.5, 0.6) is 0 Å². The van der Waals surface area contributed by atoms with Gasteiger partial charge in [0.05, 0.1) is 33.3 Å². The topological polar surface area (TPSA) is 19.6 Å². The molecule has 0 fully saturated rings. The van der Waals surface area contributed by atoms with Crippen LogP contribution in [0, 0.1) is 0 Å². The van der Waals surface area contributed by atoms with Gasteiger partial charge in [0.25, 0.3) is 0 Å². The van der Waals surface area contributed by atoms with E-state index in [1.165, 1.54) is 100 Å². The number of allylic oxidation sites excluding steroid dienone is 5. The molecular weight excluding hydrogens is 1020 g/mol. The highest BCUT2D eigenvalue weighted by Gasteiger charge is 2.52. The molecule has 17 rings (SSSR count). The smallest absolute Gasteiger partial charge is 0.0755 e. The van der Waals surface area contributed by atoms with Crippen molar-refractivity contribution in [1.29, 1.82) is 0 Å². The summed E-state index contributed by atoms with van der Waals surface area (Å²) >= 11 is 0. The first-order valence-corrected chi connectivity index (χ1v) is 29.5. The molecule has 5 heteroatoms. The summed E-state index contributed by atoms with van der Waals surface area (Å²) in [6, 6.07) is 99.6. The Morgan fingerprint density at radius 1 is 0.345 bits per heavy atom. The molecule has 0 saturated heterocycles. The van der Waals surface area contributed by atoms with E-state index in [-0.39, 0.29) is 0 Å². The maximum absolute atomic E-state index is 2.55. The maximum atomic E-state index is 2.55. The Labute approximate surface area is 489 Å². The van der Waals surface area contributed by atoms with Gasteiger partial charge in [0.15, 0.2) is 0 Å². The molecule has 0 unspecified atom stereocenters. The van der Waals surface area contributed by atoms with Crippen LogP contribution in [0.3, 0.4) is 0 Å². The van der Waals surface area contributed by atoms with Gasteiger partial charge in [0.2, 0.25) is 0 Å². The second-order valence-corrected chi connectivity index (χ2v) is 22.6. The van der Waals surface area contributed by atoms with E-state index in [4.69, 9.17) is 0 Å². The van der Waals surface area contributed by atoms with E-state index >= 15 is 0 Å². The van der Waals surface area contributed by atoms with Crippen molar-refractivity contribution in [1.82, 2.24) is 9.13 Å². The number of para-hydroxylation sites is 7. The number of anilines is 8. The Morgan fingerprint density at radius 3 is 1.50 bits per heavy atom. The molecule has 0 atom stereocenters. The van der Waals surface area contributed by atoms with Gasteiger partial charge >= 0.3 is 0 Å². The summed E-state index contributed by atoms with van der Waals surface area (Å²) in [5.41, 5.74) is 25.7. The van der Waals surface area contributed by atoms with Crippen LogP contribution in [0.25, 0.3) is 61.3 Å². The van der Waals surface area contributed by atoms with Gasteiger partial charge in [-0.3, -0.25) is 0 Å². The third kappa shape index (κ3) is 7.21. The number of benzene rings is 11. The summed E-state index contributed by atoms with van der Waals surface area (Å²) in [5, 5.41) is 3.75. The van der Waals surface area contributed by atoms with Crippen molar-refractivity contribution in [3.63, 3.8) is 0 Å². The van der Waals surface area contributed by atoms with Crippen molar-refractivity contribution in [3.8, 4) is 22.5 Å². The first kappa shape index (κ1) is 48.1. The molecule has 84 heavy (non-hydrogen) atoms. The lowest BCUT2D eigenvalue weighted by Gasteiger charge is -2.45. The fourth-order valence-electron chi connectivity index (χ4n) is 14.7. The molecule has 3 aliphatic carbocycles. The molecule has 0 saturated carbocycles. The van der Waals surface area contributed by atoms with E-state index in [9.17, 15) is 0 Å². The first-order chi connectivity index (χ1) is 41.7. The van der Waals surface area contributed by atoms with Crippen molar-refractivity contribution >= 4 is 84.3 Å². The third-order valence-corrected chi connectivity index (χ3v) is 18.2. The van der Waals surface area contributed by atoms with Gasteiger partial charge < -0.3 is 23.8 Å². The van der Waals surface area contributed by atoms with Crippen LogP contribution in [-0.4, -0.2) is 9.13 Å². The molecule has 398 valence electrons. The Hall–Kier alpha value is -10.6. The minimum Gasteiger partial charge on any atom is -0.314 e. The van der Waals surface area contributed by atoms with E-state index in [1.807, 2.05) is 0 Å². The molecular formula is C79H57N5. The lowest BCUT2D eigenvalue weighted by Crippen LogP contribution is -2.36. The van der Waals surface area contributed by atoms with Crippen molar-refractivity contribution in [2.45, 2.75) is 31.1 Å². The highest BCUT2D eigenvalue weighted by Crippen LogP contribution is 2.65. The Morgan fingerprint density at radius 2 is 0.845 bits per heavy atom. The fraction of sp³-hybridized carbons (Fsp3) is 0.0633. The maximum Gasteiger partial charge on any atom is 0.0755 e. The van der Waals surface area contributed by atoms with Crippen LogP contribution in [-0.2, 0) is 11.8 Å². The number of rotatable bonds is 9. The summed E-state index contributed by atoms with van der Waals surface area (Å²) < 4.78 is 4.86. The van der Waals surface area contributed by atoms with Gasteiger partial charge in [0.1, 0.15) is 0 Å². The monoisotopic (exact) mass is 1080 g/mol. The molecule has 11 aromatic carbocycles. The molecule has 0 bridgehead atoms. The predicted molar refractivity (Wildman–Crippen MR) is 350 cm³/mol. The number of hydrogen-bond donors (Lipinski definition) is 0. The Balaban J connectivity index is 0.906. The zero-order valence-corrected chi connectivity index (χ0v) is 46.4. The van der Waals surface area contributed by atoms with Crippen LogP contribution in [0.4, 0.5) is 45.5 Å². The lowest BCUT2D eigenvalue weighted by molar-refractivity contribution is 0.752. The lowest BCUT2D eigenvalue weighted by atomic mass is 9.64. The van der Waals surface area contributed by atoms with E-state index in [1.54, 1.807) is 0 Å². The molecule has 3 heterocycles. The van der Waals surface area contributed by atoms with Crippen molar-refractivity contribution < 1.29 is 0 Å². The van der Waals surface area contributed by atoms with Gasteiger partial charge in [0, 0.05) is 73.0 Å².